The number of carbonyl (C=O) groups is 1. The zero-order valence-electron chi connectivity index (χ0n) is 21.4. The van der Waals surface area contributed by atoms with Crippen LogP contribution in [-0.2, 0) is 16.1 Å². The molecule has 8 nitrogen and oxygen atoms in total. The number of nitro benzene ring substituents is 1. The molecule has 0 aliphatic carbocycles. The van der Waals surface area contributed by atoms with Gasteiger partial charge >= 0.3 is 5.97 Å². The van der Waals surface area contributed by atoms with Gasteiger partial charge in [0.05, 0.1) is 16.6 Å². The van der Waals surface area contributed by atoms with Gasteiger partial charge in [0.25, 0.3) is 5.69 Å². The van der Waals surface area contributed by atoms with Gasteiger partial charge in [0.15, 0.2) is 17.2 Å². The molecule has 9 heteroatoms. The highest BCUT2D eigenvalue weighted by Crippen LogP contribution is 2.38. The van der Waals surface area contributed by atoms with Crippen molar-refractivity contribution in [2.75, 3.05) is 6.61 Å². The topological polar surface area (TPSA) is 100 Å². The third-order valence-corrected chi connectivity index (χ3v) is 6.31. The second-order valence-corrected chi connectivity index (χ2v) is 9.16. The molecule has 0 radical (unpaired) electrons. The van der Waals surface area contributed by atoms with E-state index in [1.165, 1.54) is 12.1 Å². The number of benzene rings is 4. The molecule has 0 bridgehead atoms. The quantitative estimate of drug-likeness (QED) is 0.0935. The van der Waals surface area contributed by atoms with Crippen molar-refractivity contribution in [2.45, 2.75) is 13.5 Å². The highest BCUT2D eigenvalue weighted by molar-refractivity contribution is 6.32. The molecule has 1 aliphatic rings. The minimum absolute atomic E-state index is 0.00497. The summed E-state index contributed by atoms with van der Waals surface area (Å²) in [6.07, 6.45) is 1.57. The first-order valence-corrected chi connectivity index (χ1v) is 12.8. The molecular formula is C31H23ClN2O6. The van der Waals surface area contributed by atoms with Crippen LogP contribution in [0.4, 0.5) is 5.69 Å². The number of nitro groups is 1. The van der Waals surface area contributed by atoms with Crippen LogP contribution in [0.1, 0.15) is 23.6 Å². The lowest BCUT2D eigenvalue weighted by molar-refractivity contribution is -0.384. The van der Waals surface area contributed by atoms with Crippen LogP contribution in [0.25, 0.3) is 17.2 Å². The Morgan fingerprint density at radius 1 is 0.925 bits per heavy atom. The second kappa shape index (κ2) is 11.8. The van der Waals surface area contributed by atoms with E-state index in [2.05, 4.69) is 4.99 Å². The van der Waals surface area contributed by atoms with Crippen LogP contribution in [-0.4, -0.2) is 23.4 Å². The third kappa shape index (κ3) is 6.03. The predicted molar refractivity (Wildman–Crippen MR) is 153 cm³/mol. The summed E-state index contributed by atoms with van der Waals surface area (Å²) < 4.78 is 17.1. The van der Waals surface area contributed by atoms with Gasteiger partial charge in [0, 0.05) is 17.7 Å². The van der Waals surface area contributed by atoms with Gasteiger partial charge in [-0.2, -0.15) is 0 Å². The Balaban J connectivity index is 1.36. The van der Waals surface area contributed by atoms with Crippen LogP contribution in [0.3, 0.4) is 0 Å². The molecule has 4 aromatic rings. The number of cyclic esters (lactones) is 1. The van der Waals surface area contributed by atoms with E-state index in [1.54, 1.807) is 30.3 Å². The number of hydrogen-bond donors (Lipinski definition) is 0. The van der Waals surface area contributed by atoms with Crippen LogP contribution in [0.15, 0.2) is 102 Å². The van der Waals surface area contributed by atoms with E-state index in [0.717, 1.165) is 16.7 Å². The summed E-state index contributed by atoms with van der Waals surface area (Å²) in [5, 5.41) is 11.1. The van der Waals surface area contributed by atoms with Crippen LogP contribution in [0.2, 0.25) is 5.02 Å². The van der Waals surface area contributed by atoms with Crippen LogP contribution in [0, 0.1) is 10.1 Å². The van der Waals surface area contributed by atoms with Crippen molar-refractivity contribution in [3.05, 3.63) is 129 Å². The molecule has 0 unspecified atom stereocenters. The summed E-state index contributed by atoms with van der Waals surface area (Å²) in [5.41, 5.74) is 4.23. The van der Waals surface area contributed by atoms with Gasteiger partial charge < -0.3 is 14.2 Å². The molecule has 0 saturated heterocycles. The van der Waals surface area contributed by atoms with Crippen molar-refractivity contribution in [3.8, 4) is 22.6 Å². The highest BCUT2D eigenvalue weighted by Gasteiger charge is 2.25. The monoisotopic (exact) mass is 554 g/mol. The average Bonchev–Trinajstić information content (AvgIpc) is 3.33. The number of esters is 1. The Labute approximate surface area is 235 Å². The summed E-state index contributed by atoms with van der Waals surface area (Å²) in [6.45, 7) is 2.31. The van der Waals surface area contributed by atoms with Gasteiger partial charge in [0.2, 0.25) is 5.90 Å². The molecular weight excluding hydrogens is 532 g/mol. The van der Waals surface area contributed by atoms with Crippen LogP contribution < -0.4 is 9.47 Å². The average molecular weight is 555 g/mol. The Morgan fingerprint density at radius 2 is 1.60 bits per heavy atom. The minimum atomic E-state index is -0.574. The van der Waals surface area contributed by atoms with E-state index >= 15 is 0 Å². The van der Waals surface area contributed by atoms with Gasteiger partial charge in [-0.1, -0.05) is 54.1 Å². The van der Waals surface area contributed by atoms with Crippen molar-refractivity contribution >= 4 is 35.2 Å². The van der Waals surface area contributed by atoms with Gasteiger partial charge in [0.1, 0.15) is 6.61 Å². The largest absolute Gasteiger partial charge is 0.490 e. The number of aliphatic imine (C=N–C) groups is 1. The number of hydrogen-bond acceptors (Lipinski definition) is 7. The molecule has 0 fully saturated rings. The van der Waals surface area contributed by atoms with Crippen molar-refractivity contribution < 1.29 is 23.9 Å². The maximum absolute atomic E-state index is 12.6. The number of nitrogens with zero attached hydrogens (tertiary/aromatic N) is 2. The Bertz CT molecular complexity index is 1610. The molecule has 0 atom stereocenters. The molecule has 0 spiro atoms. The van der Waals surface area contributed by atoms with E-state index in [-0.39, 0.29) is 28.9 Å². The van der Waals surface area contributed by atoms with Crippen molar-refractivity contribution in [2.24, 2.45) is 4.99 Å². The van der Waals surface area contributed by atoms with Crippen molar-refractivity contribution in [1.82, 2.24) is 0 Å². The zero-order chi connectivity index (χ0) is 28.1. The van der Waals surface area contributed by atoms with Crippen molar-refractivity contribution in [1.29, 1.82) is 0 Å². The summed E-state index contributed by atoms with van der Waals surface area (Å²) in [6, 6.07) is 27.0. The molecule has 0 amide bonds. The number of carbonyl (C=O) groups excluding carboxylic acids is 1. The Hall–Kier alpha value is -4.95. The molecule has 0 N–H and O–H groups in total. The normalized spacial score (nSPS) is 13.6. The van der Waals surface area contributed by atoms with Gasteiger partial charge in [-0.15, -0.1) is 0 Å². The van der Waals surface area contributed by atoms with Gasteiger partial charge in [-0.25, -0.2) is 9.79 Å². The molecule has 0 saturated carbocycles. The van der Waals surface area contributed by atoms with Crippen LogP contribution in [0.5, 0.6) is 11.5 Å². The first-order valence-electron chi connectivity index (χ1n) is 12.4. The fourth-order valence-electron chi connectivity index (χ4n) is 4.07. The summed E-state index contributed by atoms with van der Waals surface area (Å²) in [5.74, 6) is 0.348. The van der Waals surface area contributed by atoms with E-state index in [1.807, 2.05) is 61.5 Å². The van der Waals surface area contributed by atoms with Crippen LogP contribution >= 0.6 is 11.6 Å². The number of ether oxygens (including phenoxy) is 3. The maximum Gasteiger partial charge on any atom is 0.363 e. The SMILES string of the molecule is CCOc1cc(/C=C2\N=C(c3ccc(-c4ccccc4)cc3)OC2=O)cc(Cl)c1OCc1ccc([N+](=O)[O-])cc1. The minimum Gasteiger partial charge on any atom is -0.490 e. The van der Waals surface area contributed by atoms with E-state index in [4.69, 9.17) is 25.8 Å². The fraction of sp³-hybridized carbons (Fsp3) is 0.0968. The first kappa shape index (κ1) is 26.6. The first-order chi connectivity index (χ1) is 19.4. The number of halogens is 1. The third-order valence-electron chi connectivity index (χ3n) is 6.02. The second-order valence-electron chi connectivity index (χ2n) is 8.75. The lowest BCUT2D eigenvalue weighted by Crippen LogP contribution is -2.05. The maximum atomic E-state index is 12.6. The molecule has 1 aliphatic heterocycles. The molecule has 1 heterocycles. The zero-order valence-corrected chi connectivity index (χ0v) is 22.1. The van der Waals surface area contributed by atoms with E-state index in [0.29, 0.717) is 29.2 Å². The van der Waals surface area contributed by atoms with Crippen molar-refractivity contribution in [3.63, 3.8) is 0 Å². The van der Waals surface area contributed by atoms with E-state index in [9.17, 15) is 14.9 Å². The fourth-order valence-corrected chi connectivity index (χ4v) is 4.34. The summed E-state index contributed by atoms with van der Waals surface area (Å²) >= 11 is 6.54. The smallest absolute Gasteiger partial charge is 0.363 e. The number of rotatable bonds is 9. The molecule has 200 valence electrons. The lowest BCUT2D eigenvalue weighted by atomic mass is 10.0. The highest BCUT2D eigenvalue weighted by atomic mass is 35.5. The Kier molecular flexibility index (Phi) is 7.89. The van der Waals surface area contributed by atoms with Gasteiger partial charge in [-0.3, -0.25) is 10.1 Å². The molecule has 5 rings (SSSR count). The van der Waals surface area contributed by atoms with E-state index < -0.39 is 10.9 Å². The molecule has 4 aromatic carbocycles. The van der Waals surface area contributed by atoms with Gasteiger partial charge in [-0.05, 0) is 71.7 Å². The molecule has 0 aromatic heterocycles. The Morgan fingerprint density at radius 3 is 2.27 bits per heavy atom. The summed E-state index contributed by atoms with van der Waals surface area (Å²) in [4.78, 5) is 27.4. The summed E-state index contributed by atoms with van der Waals surface area (Å²) in [7, 11) is 0. The predicted octanol–water partition coefficient (Wildman–Crippen LogP) is 7.24. The standard InChI is InChI=1S/C31H23ClN2O6/c1-2-38-28-18-21(16-26(32)29(28)39-19-20-8-14-25(15-9-20)34(36)37)17-27-31(35)40-30(33-27)24-12-10-23(11-13-24)22-6-4-3-5-7-22/h3-18H,2,19H2,1H3/b27-17-. The lowest BCUT2D eigenvalue weighted by Gasteiger charge is -2.14. The molecule has 40 heavy (non-hydrogen) atoms. The number of non-ortho nitro benzene ring substituents is 1.